The number of hydrogen-bond donors (Lipinski definition) is 3. The predicted molar refractivity (Wildman–Crippen MR) is 158 cm³/mol. The van der Waals surface area contributed by atoms with Crippen molar-refractivity contribution in [3.63, 3.8) is 0 Å². The van der Waals surface area contributed by atoms with Crippen molar-refractivity contribution in [1.82, 2.24) is 0 Å². The van der Waals surface area contributed by atoms with Crippen LogP contribution in [0.3, 0.4) is 0 Å². The van der Waals surface area contributed by atoms with Gasteiger partial charge < -0.3 is 34.3 Å². The Morgan fingerprint density at radius 1 is 0.881 bits per heavy atom. The van der Waals surface area contributed by atoms with Crippen LogP contribution in [0.1, 0.15) is 116 Å². The highest BCUT2D eigenvalue weighted by atomic mass is 16.7. The van der Waals surface area contributed by atoms with Gasteiger partial charge in [-0.3, -0.25) is 0 Å². The third kappa shape index (κ3) is 5.15. The first-order chi connectivity index (χ1) is 20.3. The van der Waals surface area contributed by atoms with E-state index in [2.05, 4.69) is 6.92 Å². The van der Waals surface area contributed by atoms with Crippen LogP contribution in [0, 0.1) is 35.0 Å². The van der Waals surface area contributed by atoms with E-state index in [0.717, 1.165) is 103 Å². The van der Waals surface area contributed by atoms with Crippen LogP contribution < -0.4 is 0 Å². The number of fused-ring (bicyclic) bond motifs is 4. The normalized spacial score (nSPS) is 46.9. The van der Waals surface area contributed by atoms with E-state index in [9.17, 15) is 15.3 Å². The van der Waals surface area contributed by atoms with Crippen molar-refractivity contribution in [3.05, 3.63) is 11.1 Å². The summed E-state index contributed by atoms with van der Waals surface area (Å²) in [5.41, 5.74) is 1.24. The van der Waals surface area contributed by atoms with Crippen molar-refractivity contribution in [1.29, 1.82) is 0 Å². The zero-order chi connectivity index (χ0) is 29.0. The topological polar surface area (TPSA) is 97.6 Å². The summed E-state index contributed by atoms with van der Waals surface area (Å²) >= 11 is 0. The minimum absolute atomic E-state index is 0.0711. The first kappa shape index (κ1) is 30.1. The molecule has 0 aromatic carbocycles. The molecule has 2 aliphatic heterocycles. The summed E-state index contributed by atoms with van der Waals surface area (Å²) in [5, 5.41) is 34.6. The Kier molecular flexibility index (Phi) is 8.38. The van der Waals surface area contributed by atoms with Gasteiger partial charge in [0.05, 0.1) is 24.4 Å². The maximum Gasteiger partial charge on any atom is 0.171 e. The van der Waals surface area contributed by atoms with Gasteiger partial charge in [-0.1, -0.05) is 12.5 Å². The zero-order valence-corrected chi connectivity index (χ0v) is 26.0. The molecule has 7 atom stereocenters. The summed E-state index contributed by atoms with van der Waals surface area (Å²) in [4.78, 5) is 0. The van der Waals surface area contributed by atoms with Crippen LogP contribution in [0.5, 0.6) is 0 Å². The number of hydrogen-bond acceptors (Lipinski definition) is 7. The minimum Gasteiger partial charge on any atom is -0.396 e. The number of allylic oxidation sites excluding steroid dienone is 1. The summed E-state index contributed by atoms with van der Waals surface area (Å²) in [7, 11) is 0. The van der Waals surface area contributed by atoms with Crippen LogP contribution >= 0.6 is 0 Å². The SMILES string of the molecule is C[C@]12C[C@H](C3CCC(CO)CC3)C3=C4CCC5(C[C@]4(O)CCC3C1CC[C@@]2(O)CCCOC1CCCCO1)OCCO5. The lowest BCUT2D eigenvalue weighted by Gasteiger charge is -2.59. The number of aliphatic hydroxyl groups is 3. The molecule has 0 aromatic rings. The molecule has 0 aromatic heterocycles. The van der Waals surface area contributed by atoms with Crippen molar-refractivity contribution in [2.45, 2.75) is 139 Å². The number of aliphatic hydroxyl groups excluding tert-OH is 1. The van der Waals surface area contributed by atoms with Gasteiger partial charge in [0.15, 0.2) is 12.1 Å². The van der Waals surface area contributed by atoms with Crippen LogP contribution in [-0.2, 0) is 18.9 Å². The number of rotatable bonds is 7. The summed E-state index contributed by atoms with van der Waals surface area (Å²) < 4.78 is 24.1. The molecule has 2 saturated heterocycles. The summed E-state index contributed by atoms with van der Waals surface area (Å²) in [5.74, 6) is 1.67. The van der Waals surface area contributed by atoms with E-state index in [1.165, 1.54) is 12.0 Å². The van der Waals surface area contributed by atoms with Crippen molar-refractivity contribution < 1.29 is 34.3 Å². The highest BCUT2D eigenvalue weighted by molar-refractivity contribution is 5.38. The molecule has 42 heavy (non-hydrogen) atoms. The molecule has 4 saturated carbocycles. The fourth-order valence-electron chi connectivity index (χ4n) is 11.2. The molecule has 238 valence electrons. The molecule has 6 fully saturated rings. The molecular weight excluding hydrogens is 532 g/mol. The minimum atomic E-state index is -0.837. The Bertz CT molecular complexity index is 993. The average molecular weight is 589 g/mol. The van der Waals surface area contributed by atoms with Gasteiger partial charge in [0.25, 0.3) is 0 Å². The standard InChI is InChI=1S/C35H56O7/c1-32-21-27(25-8-6-24(22-36)7-9-25)31-26(10-14-33(37)23-35(16-12-29(31)33)41-19-20-42-35)28(32)11-15-34(32,38)13-4-18-40-30-5-2-3-17-39-30/h24-28,30,36-38H,2-23H2,1H3/t24?,25?,26?,27-,28?,30?,32+,33-,34+/m1/s1. The first-order valence-corrected chi connectivity index (χ1v) is 17.6. The maximum absolute atomic E-state index is 12.5. The van der Waals surface area contributed by atoms with Crippen LogP contribution in [-0.4, -0.2) is 71.6 Å². The second-order valence-electron chi connectivity index (χ2n) is 15.5. The summed E-state index contributed by atoms with van der Waals surface area (Å²) in [6.45, 7) is 5.41. The molecule has 7 rings (SSSR count). The predicted octanol–water partition coefficient (Wildman–Crippen LogP) is 5.64. The average Bonchev–Trinajstić information content (AvgIpc) is 3.56. The smallest absolute Gasteiger partial charge is 0.171 e. The lowest BCUT2D eigenvalue weighted by molar-refractivity contribution is -0.209. The fourth-order valence-corrected chi connectivity index (χ4v) is 11.2. The Morgan fingerprint density at radius 2 is 1.69 bits per heavy atom. The van der Waals surface area contributed by atoms with Gasteiger partial charge in [0, 0.05) is 38.1 Å². The molecule has 0 amide bonds. The van der Waals surface area contributed by atoms with Gasteiger partial charge in [0.1, 0.15) is 0 Å². The monoisotopic (exact) mass is 588 g/mol. The Morgan fingerprint density at radius 3 is 2.43 bits per heavy atom. The molecular formula is C35H56O7. The van der Waals surface area contributed by atoms with Crippen molar-refractivity contribution in [3.8, 4) is 0 Å². The second-order valence-corrected chi connectivity index (χ2v) is 15.5. The Balaban J connectivity index is 1.15. The van der Waals surface area contributed by atoms with Gasteiger partial charge in [-0.2, -0.15) is 0 Å². The first-order valence-electron chi connectivity index (χ1n) is 17.6. The molecule has 3 N–H and O–H groups in total. The molecule has 7 heteroatoms. The van der Waals surface area contributed by atoms with Gasteiger partial charge in [-0.25, -0.2) is 0 Å². The van der Waals surface area contributed by atoms with Crippen LogP contribution in [0.15, 0.2) is 11.1 Å². The van der Waals surface area contributed by atoms with Crippen LogP contribution in [0.2, 0.25) is 0 Å². The highest BCUT2D eigenvalue weighted by Crippen LogP contribution is 2.68. The van der Waals surface area contributed by atoms with E-state index in [1.54, 1.807) is 5.57 Å². The van der Waals surface area contributed by atoms with Gasteiger partial charge >= 0.3 is 0 Å². The third-order valence-corrected chi connectivity index (χ3v) is 13.5. The van der Waals surface area contributed by atoms with Crippen molar-refractivity contribution >= 4 is 0 Å². The molecule has 1 spiro atoms. The van der Waals surface area contributed by atoms with Gasteiger partial charge in [-0.05, 0) is 131 Å². The fraction of sp³-hybridized carbons (Fsp3) is 0.943. The molecule has 7 nitrogen and oxygen atoms in total. The summed E-state index contributed by atoms with van der Waals surface area (Å²) in [6, 6.07) is 0. The Labute approximate surface area is 252 Å². The van der Waals surface area contributed by atoms with E-state index in [-0.39, 0.29) is 11.7 Å². The molecule has 3 unspecified atom stereocenters. The second kappa shape index (κ2) is 11.7. The summed E-state index contributed by atoms with van der Waals surface area (Å²) in [6.07, 6.45) is 16.3. The van der Waals surface area contributed by atoms with Crippen molar-refractivity contribution in [2.24, 2.45) is 35.0 Å². The molecule has 0 bridgehead atoms. The van der Waals surface area contributed by atoms with Gasteiger partial charge in [-0.15, -0.1) is 0 Å². The molecule has 0 radical (unpaired) electrons. The highest BCUT2D eigenvalue weighted by Gasteiger charge is 2.65. The van der Waals surface area contributed by atoms with Gasteiger partial charge in [0.2, 0.25) is 0 Å². The molecule has 7 aliphatic rings. The van der Waals surface area contributed by atoms with E-state index in [1.807, 2.05) is 0 Å². The lowest BCUT2D eigenvalue weighted by Crippen LogP contribution is -2.56. The van der Waals surface area contributed by atoms with E-state index < -0.39 is 17.0 Å². The van der Waals surface area contributed by atoms with Crippen LogP contribution in [0.25, 0.3) is 0 Å². The zero-order valence-electron chi connectivity index (χ0n) is 26.0. The number of ether oxygens (including phenoxy) is 4. The molecule has 2 heterocycles. The maximum atomic E-state index is 12.5. The largest absolute Gasteiger partial charge is 0.396 e. The van der Waals surface area contributed by atoms with Crippen molar-refractivity contribution in [2.75, 3.05) is 33.0 Å². The van der Waals surface area contributed by atoms with E-state index >= 15 is 0 Å². The third-order valence-electron chi connectivity index (χ3n) is 13.5. The Hall–Kier alpha value is -0.540. The van der Waals surface area contributed by atoms with Crippen LogP contribution in [0.4, 0.5) is 0 Å². The molecule has 5 aliphatic carbocycles. The quantitative estimate of drug-likeness (QED) is 0.262. The van der Waals surface area contributed by atoms with E-state index in [4.69, 9.17) is 18.9 Å². The lowest BCUT2D eigenvalue weighted by atomic mass is 9.48. The van der Waals surface area contributed by atoms with E-state index in [0.29, 0.717) is 62.4 Å².